The second-order valence-corrected chi connectivity index (χ2v) is 9.74. The van der Waals surface area contributed by atoms with Crippen LogP contribution in [0, 0.1) is 6.92 Å². The zero-order valence-corrected chi connectivity index (χ0v) is 18.2. The number of ether oxygens (including phenoxy) is 2. The van der Waals surface area contributed by atoms with Gasteiger partial charge in [-0.1, -0.05) is 23.8 Å². The van der Waals surface area contributed by atoms with E-state index in [1.807, 2.05) is 6.92 Å². The molecule has 3 heterocycles. The first kappa shape index (κ1) is 20.0. The highest BCUT2D eigenvalue weighted by Gasteiger charge is 2.43. The molecule has 10 heteroatoms. The summed E-state index contributed by atoms with van der Waals surface area (Å²) in [5.74, 6) is -0.225. The van der Waals surface area contributed by atoms with Crippen molar-refractivity contribution in [2.75, 3.05) is 0 Å². The Morgan fingerprint density at radius 3 is 2.48 bits per heavy atom. The van der Waals surface area contributed by atoms with Crippen molar-refractivity contribution in [3.05, 3.63) is 71.0 Å². The average molecular weight is 507 g/mol. The predicted octanol–water partition coefficient (Wildman–Crippen LogP) is 5.33. The third-order valence-electron chi connectivity index (χ3n) is 4.87. The van der Waals surface area contributed by atoms with Gasteiger partial charge in [-0.25, -0.2) is 17.4 Å². The number of hydrogen-bond donors (Lipinski definition) is 0. The fourth-order valence-corrected chi connectivity index (χ4v) is 5.06. The van der Waals surface area contributed by atoms with Crippen LogP contribution in [-0.4, -0.2) is 23.7 Å². The second-order valence-electron chi connectivity index (χ2n) is 7.01. The van der Waals surface area contributed by atoms with E-state index in [1.54, 1.807) is 24.3 Å². The SMILES string of the molecule is Cc1ccc(S(=O)(=O)n2cc(-c3ccc4c(c3)OC(F)(F)O4)c3cc(Br)cnc32)cc1. The van der Waals surface area contributed by atoms with Crippen molar-refractivity contribution in [3.8, 4) is 22.6 Å². The monoisotopic (exact) mass is 506 g/mol. The van der Waals surface area contributed by atoms with E-state index >= 15 is 0 Å². The summed E-state index contributed by atoms with van der Waals surface area (Å²) in [7, 11) is -3.95. The molecular formula is C21H13BrF2N2O4S. The Labute approximate surface area is 184 Å². The molecule has 6 nitrogen and oxygen atoms in total. The van der Waals surface area contributed by atoms with Gasteiger partial charge in [-0.2, -0.15) is 0 Å². The Balaban J connectivity index is 1.71. The Morgan fingerprint density at radius 1 is 1.03 bits per heavy atom. The molecule has 0 radical (unpaired) electrons. The normalized spacial score (nSPS) is 14.8. The van der Waals surface area contributed by atoms with Gasteiger partial charge in [0.05, 0.1) is 4.90 Å². The highest BCUT2D eigenvalue weighted by molar-refractivity contribution is 9.10. The summed E-state index contributed by atoms with van der Waals surface area (Å²) in [6.07, 6.45) is -0.823. The van der Waals surface area contributed by atoms with Crippen molar-refractivity contribution in [2.24, 2.45) is 0 Å². The number of rotatable bonds is 3. The van der Waals surface area contributed by atoms with Crippen LogP contribution in [0.4, 0.5) is 8.78 Å². The number of hydrogen-bond acceptors (Lipinski definition) is 5. The Morgan fingerprint density at radius 2 is 1.74 bits per heavy atom. The molecule has 0 unspecified atom stereocenters. The number of alkyl halides is 2. The summed E-state index contributed by atoms with van der Waals surface area (Å²) in [6.45, 7) is 1.86. The molecule has 0 saturated heterocycles. The van der Waals surface area contributed by atoms with Crippen molar-refractivity contribution in [2.45, 2.75) is 18.1 Å². The molecule has 0 atom stereocenters. The van der Waals surface area contributed by atoms with E-state index < -0.39 is 16.3 Å². The van der Waals surface area contributed by atoms with E-state index in [2.05, 4.69) is 30.4 Å². The van der Waals surface area contributed by atoms with Crippen LogP contribution in [-0.2, 0) is 10.0 Å². The van der Waals surface area contributed by atoms with E-state index in [-0.39, 0.29) is 22.0 Å². The van der Waals surface area contributed by atoms with E-state index in [1.165, 1.54) is 36.7 Å². The maximum Gasteiger partial charge on any atom is 0.586 e. The van der Waals surface area contributed by atoms with Gasteiger partial charge in [-0.15, -0.1) is 8.78 Å². The summed E-state index contributed by atoms with van der Waals surface area (Å²) in [6, 6.07) is 12.5. The minimum atomic E-state index is -3.95. The molecule has 0 aliphatic carbocycles. The lowest BCUT2D eigenvalue weighted by Gasteiger charge is -2.07. The van der Waals surface area contributed by atoms with Gasteiger partial charge >= 0.3 is 6.29 Å². The van der Waals surface area contributed by atoms with Crippen LogP contribution < -0.4 is 9.47 Å². The fourth-order valence-electron chi connectivity index (χ4n) is 3.41. The average Bonchev–Trinajstić information content (AvgIpc) is 3.23. The molecule has 0 N–H and O–H groups in total. The first-order chi connectivity index (χ1) is 14.6. The van der Waals surface area contributed by atoms with Crippen molar-refractivity contribution in [1.29, 1.82) is 0 Å². The smallest absolute Gasteiger partial charge is 0.395 e. The Kier molecular flexibility index (Phi) is 4.35. The summed E-state index contributed by atoms with van der Waals surface area (Å²) in [4.78, 5) is 4.40. The molecule has 1 aliphatic rings. The minimum absolute atomic E-state index is 0.0935. The first-order valence-electron chi connectivity index (χ1n) is 9.03. The maximum absolute atomic E-state index is 13.4. The van der Waals surface area contributed by atoms with E-state index in [0.29, 0.717) is 21.0 Å². The zero-order chi connectivity index (χ0) is 22.0. The maximum atomic E-state index is 13.4. The second kappa shape index (κ2) is 6.76. The summed E-state index contributed by atoms with van der Waals surface area (Å²) >= 11 is 3.35. The van der Waals surface area contributed by atoms with Gasteiger partial charge in [0.25, 0.3) is 10.0 Å². The summed E-state index contributed by atoms with van der Waals surface area (Å²) in [5, 5.41) is 0.524. The van der Waals surface area contributed by atoms with Gasteiger partial charge in [0.2, 0.25) is 0 Å². The molecule has 0 amide bonds. The van der Waals surface area contributed by atoms with E-state index in [4.69, 9.17) is 0 Å². The number of benzene rings is 2. The lowest BCUT2D eigenvalue weighted by atomic mass is 10.1. The predicted molar refractivity (Wildman–Crippen MR) is 113 cm³/mol. The van der Waals surface area contributed by atoms with Crippen LogP contribution in [0.5, 0.6) is 11.5 Å². The van der Waals surface area contributed by atoms with Crippen LogP contribution >= 0.6 is 15.9 Å². The van der Waals surface area contributed by atoms with Crippen LogP contribution in [0.2, 0.25) is 0 Å². The molecule has 0 fully saturated rings. The van der Waals surface area contributed by atoms with E-state index in [9.17, 15) is 17.2 Å². The zero-order valence-electron chi connectivity index (χ0n) is 15.8. The highest BCUT2D eigenvalue weighted by Crippen LogP contribution is 2.44. The lowest BCUT2D eigenvalue weighted by Crippen LogP contribution is -2.25. The standard InChI is InChI=1S/C21H13BrF2N2O4S/c1-12-2-5-15(6-3-12)31(27,28)26-11-17(16-9-14(22)10-25-20(16)26)13-4-7-18-19(8-13)30-21(23,24)29-18/h2-11H,1H3. The number of nitrogens with zero attached hydrogens (tertiary/aromatic N) is 2. The molecular weight excluding hydrogens is 494 g/mol. The van der Waals surface area contributed by atoms with Gasteiger partial charge in [0.1, 0.15) is 0 Å². The van der Waals surface area contributed by atoms with Crippen molar-refractivity contribution in [1.82, 2.24) is 8.96 Å². The molecule has 2 aromatic heterocycles. The Hall–Kier alpha value is -2.98. The molecule has 0 bridgehead atoms. The third kappa shape index (κ3) is 3.35. The molecule has 5 rings (SSSR count). The van der Waals surface area contributed by atoms with E-state index in [0.717, 1.165) is 9.54 Å². The van der Waals surface area contributed by atoms with Gasteiger partial charge in [-0.05, 0) is 58.7 Å². The van der Waals surface area contributed by atoms with Gasteiger partial charge < -0.3 is 9.47 Å². The molecule has 2 aromatic carbocycles. The van der Waals surface area contributed by atoms with Gasteiger partial charge in [-0.3, -0.25) is 0 Å². The number of fused-ring (bicyclic) bond motifs is 2. The Bertz CT molecular complexity index is 1450. The lowest BCUT2D eigenvalue weighted by molar-refractivity contribution is -0.286. The van der Waals surface area contributed by atoms with Crippen molar-refractivity contribution in [3.63, 3.8) is 0 Å². The number of halogens is 3. The molecule has 4 aromatic rings. The fraction of sp³-hybridized carbons (Fsp3) is 0.0952. The van der Waals surface area contributed by atoms with Crippen LogP contribution in [0.15, 0.2) is 70.3 Å². The summed E-state index contributed by atoms with van der Waals surface area (Å²) < 4.78 is 64.2. The molecule has 31 heavy (non-hydrogen) atoms. The first-order valence-corrected chi connectivity index (χ1v) is 11.3. The van der Waals surface area contributed by atoms with Crippen molar-refractivity contribution >= 4 is 37.0 Å². The molecule has 158 valence electrons. The molecule has 1 aliphatic heterocycles. The van der Waals surface area contributed by atoms with Crippen molar-refractivity contribution < 1.29 is 26.7 Å². The molecule has 0 saturated carbocycles. The largest absolute Gasteiger partial charge is 0.586 e. The van der Waals surface area contributed by atoms with Crippen LogP contribution in [0.3, 0.4) is 0 Å². The summed E-state index contributed by atoms with van der Waals surface area (Å²) in [5.41, 5.74) is 2.10. The third-order valence-corrected chi connectivity index (χ3v) is 6.97. The van der Waals surface area contributed by atoms with Crippen LogP contribution in [0.25, 0.3) is 22.2 Å². The number of pyridine rings is 1. The van der Waals surface area contributed by atoms with Gasteiger partial charge in [0.15, 0.2) is 17.1 Å². The van der Waals surface area contributed by atoms with Gasteiger partial charge in [0, 0.05) is 27.8 Å². The number of aryl methyl sites for hydroxylation is 1. The topological polar surface area (TPSA) is 70.4 Å². The van der Waals surface area contributed by atoms with Crippen LogP contribution in [0.1, 0.15) is 5.56 Å². The number of aromatic nitrogens is 2. The highest BCUT2D eigenvalue weighted by atomic mass is 79.9. The molecule has 0 spiro atoms. The minimum Gasteiger partial charge on any atom is -0.395 e. The quantitative estimate of drug-likeness (QED) is 0.375.